The zero-order chi connectivity index (χ0) is 13.8. The van der Waals surface area contributed by atoms with Gasteiger partial charge in [-0.3, -0.25) is 0 Å². The van der Waals surface area contributed by atoms with E-state index in [-0.39, 0.29) is 0 Å². The predicted octanol–water partition coefficient (Wildman–Crippen LogP) is 5.48. The fraction of sp³-hybridized carbons (Fsp3) is 0.200. The molecule has 2 aromatic rings. The molecule has 0 N–H and O–H groups in total. The fourth-order valence-electron chi connectivity index (χ4n) is 2.03. The zero-order valence-corrected chi connectivity index (χ0v) is 13.6. The molecule has 0 unspecified atom stereocenters. The number of halogens is 3. The van der Waals surface area contributed by atoms with E-state index in [2.05, 4.69) is 40.0 Å². The van der Waals surface area contributed by atoms with Crippen LogP contribution < -0.4 is 4.90 Å². The minimum absolute atomic E-state index is 0.457. The van der Waals surface area contributed by atoms with Crippen LogP contribution in [0.1, 0.15) is 11.1 Å². The van der Waals surface area contributed by atoms with Gasteiger partial charge in [0.25, 0.3) is 0 Å². The van der Waals surface area contributed by atoms with Gasteiger partial charge in [-0.15, -0.1) is 11.6 Å². The number of rotatable bonds is 4. The lowest BCUT2D eigenvalue weighted by Crippen LogP contribution is -2.17. The topological polar surface area (TPSA) is 3.24 Å². The molecule has 0 spiro atoms. The number of hydrogen-bond acceptors (Lipinski definition) is 1. The first-order chi connectivity index (χ1) is 9.10. The van der Waals surface area contributed by atoms with Gasteiger partial charge in [-0.25, -0.2) is 0 Å². The van der Waals surface area contributed by atoms with E-state index in [1.807, 2.05) is 30.3 Å². The third-order valence-corrected chi connectivity index (χ3v) is 3.92. The standard InChI is InChI=1S/C15H14BrCl2N/c1-19(10-11-3-2-4-13(16)7-11)15-6-5-14(18)8-12(15)9-17/h2-8H,9-10H2,1H3. The van der Waals surface area contributed by atoms with Gasteiger partial charge >= 0.3 is 0 Å². The molecule has 0 radical (unpaired) electrons. The Balaban J connectivity index is 2.22. The van der Waals surface area contributed by atoms with Crippen LogP contribution in [0.3, 0.4) is 0 Å². The van der Waals surface area contributed by atoms with E-state index in [0.29, 0.717) is 5.88 Å². The van der Waals surface area contributed by atoms with E-state index in [0.717, 1.165) is 27.3 Å². The van der Waals surface area contributed by atoms with Crippen LogP contribution >= 0.6 is 39.1 Å². The summed E-state index contributed by atoms with van der Waals surface area (Å²) >= 11 is 15.5. The summed E-state index contributed by atoms with van der Waals surface area (Å²) in [6.45, 7) is 0.824. The van der Waals surface area contributed by atoms with Crippen molar-refractivity contribution in [2.24, 2.45) is 0 Å². The molecule has 19 heavy (non-hydrogen) atoms. The van der Waals surface area contributed by atoms with Crippen molar-refractivity contribution in [2.45, 2.75) is 12.4 Å². The Morgan fingerprint density at radius 2 is 1.95 bits per heavy atom. The van der Waals surface area contributed by atoms with Crippen molar-refractivity contribution in [3.8, 4) is 0 Å². The Morgan fingerprint density at radius 1 is 1.16 bits per heavy atom. The van der Waals surface area contributed by atoms with Gasteiger partial charge in [-0.2, -0.15) is 0 Å². The maximum absolute atomic E-state index is 6.00. The van der Waals surface area contributed by atoms with Gasteiger partial charge in [0.2, 0.25) is 0 Å². The molecule has 0 heterocycles. The average molecular weight is 359 g/mol. The lowest BCUT2D eigenvalue weighted by atomic mass is 10.1. The van der Waals surface area contributed by atoms with E-state index < -0.39 is 0 Å². The first-order valence-electron chi connectivity index (χ1n) is 5.90. The maximum atomic E-state index is 6.00. The normalized spacial score (nSPS) is 10.5. The van der Waals surface area contributed by atoms with E-state index >= 15 is 0 Å². The van der Waals surface area contributed by atoms with E-state index in [1.165, 1.54) is 5.56 Å². The van der Waals surface area contributed by atoms with Gasteiger partial charge in [0.1, 0.15) is 0 Å². The first-order valence-corrected chi connectivity index (χ1v) is 7.60. The second-order valence-electron chi connectivity index (χ2n) is 4.39. The summed E-state index contributed by atoms with van der Waals surface area (Å²) in [6, 6.07) is 14.1. The van der Waals surface area contributed by atoms with Gasteiger partial charge in [0.05, 0.1) is 0 Å². The third-order valence-electron chi connectivity index (χ3n) is 2.91. The van der Waals surface area contributed by atoms with E-state index in [9.17, 15) is 0 Å². The van der Waals surface area contributed by atoms with Crippen molar-refractivity contribution in [3.05, 3.63) is 63.1 Å². The summed E-state index contributed by atoms with van der Waals surface area (Å²) < 4.78 is 1.09. The Kier molecular flexibility index (Phi) is 5.14. The molecular weight excluding hydrogens is 345 g/mol. The number of alkyl halides is 1. The Labute approximate surface area is 132 Å². The largest absolute Gasteiger partial charge is 0.370 e. The van der Waals surface area contributed by atoms with Crippen LogP contribution in [0, 0.1) is 0 Å². The molecule has 2 rings (SSSR count). The minimum Gasteiger partial charge on any atom is -0.370 e. The molecule has 0 atom stereocenters. The quantitative estimate of drug-likeness (QED) is 0.654. The lowest BCUT2D eigenvalue weighted by molar-refractivity contribution is 0.915. The van der Waals surface area contributed by atoms with Crippen LogP contribution in [0.4, 0.5) is 5.69 Å². The van der Waals surface area contributed by atoms with E-state index in [4.69, 9.17) is 23.2 Å². The van der Waals surface area contributed by atoms with Crippen molar-refractivity contribution in [1.29, 1.82) is 0 Å². The highest BCUT2D eigenvalue weighted by molar-refractivity contribution is 9.10. The third kappa shape index (κ3) is 3.88. The molecule has 0 saturated heterocycles. The molecule has 0 saturated carbocycles. The van der Waals surface area contributed by atoms with Crippen LogP contribution in [-0.2, 0) is 12.4 Å². The van der Waals surface area contributed by atoms with Gasteiger partial charge in [-0.05, 0) is 41.5 Å². The number of benzene rings is 2. The lowest BCUT2D eigenvalue weighted by Gasteiger charge is -2.22. The molecule has 0 fully saturated rings. The van der Waals surface area contributed by atoms with Crippen LogP contribution in [0.25, 0.3) is 0 Å². The van der Waals surface area contributed by atoms with Gasteiger partial charge in [0, 0.05) is 34.7 Å². The highest BCUT2D eigenvalue weighted by Crippen LogP contribution is 2.26. The summed E-state index contributed by atoms with van der Waals surface area (Å²) in [7, 11) is 2.06. The monoisotopic (exact) mass is 357 g/mol. The Bertz CT molecular complexity index is 572. The zero-order valence-electron chi connectivity index (χ0n) is 10.5. The summed E-state index contributed by atoms with van der Waals surface area (Å²) in [5, 5.41) is 0.718. The number of nitrogens with zero attached hydrogens (tertiary/aromatic N) is 1. The number of hydrogen-bond donors (Lipinski definition) is 0. The second kappa shape index (κ2) is 6.65. The smallest absolute Gasteiger partial charge is 0.0495 e. The molecule has 100 valence electrons. The second-order valence-corrected chi connectivity index (χ2v) is 6.01. The summed E-state index contributed by atoms with van der Waals surface area (Å²) in [5.74, 6) is 0.457. The van der Waals surface area contributed by atoms with Gasteiger partial charge in [-0.1, -0.05) is 39.7 Å². The van der Waals surface area contributed by atoms with Crippen LogP contribution in [0.5, 0.6) is 0 Å². The highest BCUT2D eigenvalue weighted by Gasteiger charge is 2.08. The average Bonchev–Trinajstić information content (AvgIpc) is 2.38. The molecule has 0 aliphatic heterocycles. The predicted molar refractivity (Wildman–Crippen MR) is 87.3 cm³/mol. The van der Waals surface area contributed by atoms with Crippen molar-refractivity contribution >= 4 is 44.8 Å². The Hall–Kier alpha value is -0.700. The molecule has 0 aliphatic carbocycles. The Morgan fingerprint density at radius 3 is 2.63 bits per heavy atom. The fourth-order valence-corrected chi connectivity index (χ4v) is 2.88. The highest BCUT2D eigenvalue weighted by atomic mass is 79.9. The summed E-state index contributed by atoms with van der Waals surface area (Å²) in [5.41, 5.74) is 3.40. The molecule has 0 amide bonds. The van der Waals surface area contributed by atoms with Crippen molar-refractivity contribution in [3.63, 3.8) is 0 Å². The van der Waals surface area contributed by atoms with Gasteiger partial charge < -0.3 is 4.90 Å². The van der Waals surface area contributed by atoms with Gasteiger partial charge in [0.15, 0.2) is 0 Å². The SMILES string of the molecule is CN(Cc1cccc(Br)c1)c1ccc(Cl)cc1CCl. The molecular formula is C15H14BrCl2N. The molecule has 0 aliphatic rings. The summed E-state index contributed by atoms with van der Waals surface area (Å²) in [6.07, 6.45) is 0. The summed E-state index contributed by atoms with van der Waals surface area (Å²) in [4.78, 5) is 2.18. The van der Waals surface area contributed by atoms with Crippen molar-refractivity contribution in [2.75, 3.05) is 11.9 Å². The van der Waals surface area contributed by atoms with Crippen LogP contribution in [0.2, 0.25) is 5.02 Å². The number of anilines is 1. The van der Waals surface area contributed by atoms with Crippen molar-refractivity contribution in [1.82, 2.24) is 0 Å². The molecule has 0 bridgehead atoms. The van der Waals surface area contributed by atoms with Crippen LogP contribution in [-0.4, -0.2) is 7.05 Å². The maximum Gasteiger partial charge on any atom is 0.0495 e. The van der Waals surface area contributed by atoms with Crippen molar-refractivity contribution < 1.29 is 0 Å². The minimum atomic E-state index is 0.457. The first kappa shape index (κ1) is 14.7. The molecule has 2 aromatic carbocycles. The van der Waals surface area contributed by atoms with Crippen LogP contribution in [0.15, 0.2) is 46.9 Å². The molecule has 1 nitrogen and oxygen atoms in total. The molecule has 4 heteroatoms. The molecule has 0 aromatic heterocycles. The van der Waals surface area contributed by atoms with E-state index in [1.54, 1.807) is 0 Å².